The fourth-order valence-corrected chi connectivity index (χ4v) is 3.81. The van der Waals surface area contributed by atoms with Gasteiger partial charge in [0, 0.05) is 12.1 Å². The van der Waals surface area contributed by atoms with Crippen LogP contribution in [0.5, 0.6) is 0 Å². The third kappa shape index (κ3) is 3.00. The topological polar surface area (TPSA) is 58.6 Å². The number of nitrogens with zero attached hydrogens (tertiary/aromatic N) is 1. The Morgan fingerprint density at radius 2 is 1.92 bits per heavy atom. The molecule has 1 aliphatic carbocycles. The molecule has 5 heteroatoms. The number of nitrogens with one attached hydrogen (secondary N) is 1. The van der Waals surface area contributed by atoms with Crippen molar-refractivity contribution in [3.05, 3.63) is 48.0 Å². The molecule has 1 saturated heterocycles. The van der Waals surface area contributed by atoms with Gasteiger partial charge in [-0.25, -0.2) is 0 Å². The van der Waals surface area contributed by atoms with Gasteiger partial charge in [0.15, 0.2) is 0 Å². The molecule has 1 aliphatic heterocycles. The van der Waals surface area contributed by atoms with Crippen LogP contribution in [0.4, 0.5) is 0 Å². The molecule has 2 aromatic rings. The molecule has 2 fully saturated rings. The van der Waals surface area contributed by atoms with Gasteiger partial charge in [0.25, 0.3) is 5.91 Å². The molecule has 0 unspecified atom stereocenters. The van der Waals surface area contributed by atoms with Gasteiger partial charge in [-0.2, -0.15) is 0 Å². The highest BCUT2D eigenvalue weighted by atomic mass is 16.5. The lowest BCUT2D eigenvalue weighted by Gasteiger charge is -2.52. The third-order valence-electron chi connectivity index (χ3n) is 5.40. The standard InChI is InChI=1S/C20H22N2O3/c23-18(22-10-11-25-14-20(22)8-3-9-20)13-21-19(24)17-7-6-15-4-1-2-5-16(15)12-17/h1-2,4-7,12H,3,8-11,13-14H2,(H,21,24). The van der Waals surface area contributed by atoms with Crippen molar-refractivity contribution in [2.24, 2.45) is 0 Å². The molecule has 130 valence electrons. The predicted octanol–water partition coefficient (Wildman–Crippen LogP) is 2.35. The van der Waals surface area contributed by atoms with Crippen LogP contribution in [0.15, 0.2) is 42.5 Å². The number of benzene rings is 2. The number of carbonyl (C=O) groups is 2. The molecule has 5 nitrogen and oxygen atoms in total. The van der Waals surface area contributed by atoms with Gasteiger partial charge in [-0.1, -0.05) is 30.3 Å². The summed E-state index contributed by atoms with van der Waals surface area (Å²) in [5, 5.41) is 4.89. The van der Waals surface area contributed by atoms with Gasteiger partial charge < -0.3 is 15.0 Å². The fourth-order valence-electron chi connectivity index (χ4n) is 3.81. The van der Waals surface area contributed by atoms with Crippen LogP contribution in [0.1, 0.15) is 29.6 Å². The summed E-state index contributed by atoms with van der Waals surface area (Å²) in [5.41, 5.74) is 0.454. The van der Waals surface area contributed by atoms with Gasteiger partial charge in [-0.05, 0) is 42.2 Å². The van der Waals surface area contributed by atoms with Crippen LogP contribution in [0, 0.1) is 0 Å². The second kappa shape index (κ2) is 6.48. The van der Waals surface area contributed by atoms with E-state index in [0.717, 1.165) is 30.0 Å². The molecule has 1 heterocycles. The van der Waals surface area contributed by atoms with Gasteiger partial charge in [-0.3, -0.25) is 9.59 Å². The van der Waals surface area contributed by atoms with Crippen LogP contribution in [0.2, 0.25) is 0 Å². The van der Waals surface area contributed by atoms with Crippen LogP contribution >= 0.6 is 0 Å². The van der Waals surface area contributed by atoms with Crippen LogP contribution in [0.25, 0.3) is 10.8 Å². The summed E-state index contributed by atoms with van der Waals surface area (Å²) in [6.45, 7) is 1.85. The Morgan fingerprint density at radius 3 is 2.68 bits per heavy atom. The molecule has 0 bridgehead atoms. The summed E-state index contributed by atoms with van der Waals surface area (Å²) < 4.78 is 5.56. The van der Waals surface area contributed by atoms with Gasteiger partial charge in [0.1, 0.15) is 0 Å². The van der Waals surface area contributed by atoms with E-state index in [4.69, 9.17) is 4.74 Å². The van der Waals surface area contributed by atoms with Gasteiger partial charge in [0.05, 0.1) is 25.3 Å². The highest BCUT2D eigenvalue weighted by molar-refractivity contribution is 6.00. The zero-order valence-electron chi connectivity index (χ0n) is 14.2. The molecular formula is C20H22N2O3. The van der Waals surface area contributed by atoms with Crippen molar-refractivity contribution in [2.45, 2.75) is 24.8 Å². The zero-order valence-corrected chi connectivity index (χ0v) is 14.2. The summed E-state index contributed by atoms with van der Waals surface area (Å²) in [6.07, 6.45) is 3.13. The highest BCUT2D eigenvalue weighted by Crippen LogP contribution is 2.39. The smallest absolute Gasteiger partial charge is 0.251 e. The van der Waals surface area contributed by atoms with Crippen molar-refractivity contribution in [1.82, 2.24) is 10.2 Å². The Bertz CT molecular complexity index is 813. The zero-order chi connectivity index (χ0) is 17.3. The van der Waals surface area contributed by atoms with E-state index in [9.17, 15) is 9.59 Å². The molecule has 2 aliphatic rings. The number of rotatable bonds is 3. The largest absolute Gasteiger partial charge is 0.377 e. The second-order valence-corrected chi connectivity index (χ2v) is 6.92. The molecule has 1 spiro atoms. The van der Waals surface area contributed by atoms with Crippen LogP contribution in [-0.2, 0) is 9.53 Å². The molecule has 1 saturated carbocycles. The minimum Gasteiger partial charge on any atom is -0.377 e. The Balaban J connectivity index is 1.41. The lowest BCUT2D eigenvalue weighted by Crippen LogP contribution is -2.64. The maximum atomic E-state index is 12.6. The number of morpholine rings is 1. The predicted molar refractivity (Wildman–Crippen MR) is 95.4 cm³/mol. The Kier molecular flexibility index (Phi) is 4.17. The van der Waals surface area contributed by atoms with Crippen molar-refractivity contribution in [3.8, 4) is 0 Å². The van der Waals surface area contributed by atoms with Crippen LogP contribution < -0.4 is 5.32 Å². The first-order valence-corrected chi connectivity index (χ1v) is 8.83. The van der Waals surface area contributed by atoms with E-state index < -0.39 is 0 Å². The average molecular weight is 338 g/mol. The van der Waals surface area contributed by atoms with Crippen molar-refractivity contribution in [2.75, 3.05) is 26.3 Å². The van der Waals surface area contributed by atoms with Crippen LogP contribution in [-0.4, -0.2) is 48.6 Å². The molecular weight excluding hydrogens is 316 g/mol. The van der Waals surface area contributed by atoms with Gasteiger partial charge in [-0.15, -0.1) is 0 Å². The normalized spacial score (nSPS) is 18.8. The Morgan fingerprint density at radius 1 is 1.12 bits per heavy atom. The Labute approximate surface area is 146 Å². The summed E-state index contributed by atoms with van der Waals surface area (Å²) in [7, 11) is 0. The number of fused-ring (bicyclic) bond motifs is 1. The SMILES string of the molecule is O=C(NCC(=O)N1CCOCC12CCC2)c1ccc2ccccc2c1. The minimum atomic E-state index is -0.213. The summed E-state index contributed by atoms with van der Waals surface area (Å²) >= 11 is 0. The number of ether oxygens (including phenoxy) is 1. The number of hydrogen-bond acceptors (Lipinski definition) is 3. The molecule has 2 aromatic carbocycles. The van der Waals surface area contributed by atoms with Crippen molar-refractivity contribution < 1.29 is 14.3 Å². The van der Waals surface area contributed by atoms with E-state index in [1.54, 1.807) is 6.07 Å². The molecule has 2 amide bonds. The van der Waals surface area contributed by atoms with Crippen LogP contribution in [0.3, 0.4) is 0 Å². The lowest BCUT2D eigenvalue weighted by atomic mass is 9.75. The lowest BCUT2D eigenvalue weighted by molar-refractivity contribution is -0.157. The average Bonchev–Trinajstić information content (AvgIpc) is 2.64. The second-order valence-electron chi connectivity index (χ2n) is 6.92. The summed E-state index contributed by atoms with van der Waals surface area (Å²) in [5.74, 6) is -0.229. The minimum absolute atomic E-state index is 0.0165. The van der Waals surface area contributed by atoms with Crippen molar-refractivity contribution in [1.29, 1.82) is 0 Å². The first-order chi connectivity index (χ1) is 12.2. The summed E-state index contributed by atoms with van der Waals surface area (Å²) in [4.78, 5) is 26.9. The Hall–Kier alpha value is -2.40. The molecule has 0 radical (unpaired) electrons. The number of hydrogen-bond donors (Lipinski definition) is 1. The quantitative estimate of drug-likeness (QED) is 0.935. The molecule has 4 rings (SSSR count). The molecule has 0 atom stereocenters. The van der Waals surface area contributed by atoms with E-state index in [-0.39, 0.29) is 23.9 Å². The van der Waals surface area contributed by atoms with Crippen molar-refractivity contribution in [3.63, 3.8) is 0 Å². The van der Waals surface area contributed by atoms with E-state index in [2.05, 4.69) is 5.32 Å². The van der Waals surface area contributed by atoms with Crippen molar-refractivity contribution >= 4 is 22.6 Å². The first kappa shape index (κ1) is 16.1. The number of carbonyl (C=O) groups excluding carboxylic acids is 2. The maximum Gasteiger partial charge on any atom is 0.251 e. The summed E-state index contributed by atoms with van der Waals surface area (Å²) in [6, 6.07) is 13.5. The van der Waals surface area contributed by atoms with Gasteiger partial charge in [0.2, 0.25) is 5.91 Å². The number of amides is 2. The van der Waals surface area contributed by atoms with E-state index in [1.807, 2.05) is 41.3 Å². The van der Waals surface area contributed by atoms with Gasteiger partial charge >= 0.3 is 0 Å². The molecule has 1 N–H and O–H groups in total. The fraction of sp³-hybridized carbons (Fsp3) is 0.400. The maximum absolute atomic E-state index is 12.6. The van der Waals surface area contributed by atoms with E-state index in [1.165, 1.54) is 0 Å². The monoisotopic (exact) mass is 338 g/mol. The molecule has 25 heavy (non-hydrogen) atoms. The third-order valence-corrected chi connectivity index (χ3v) is 5.40. The van der Waals surface area contributed by atoms with E-state index >= 15 is 0 Å². The first-order valence-electron chi connectivity index (χ1n) is 8.83. The molecule has 0 aromatic heterocycles. The van der Waals surface area contributed by atoms with E-state index in [0.29, 0.717) is 25.3 Å². The highest BCUT2D eigenvalue weighted by Gasteiger charge is 2.46.